The maximum Gasteiger partial charge on any atom is 0.132 e. The van der Waals surface area contributed by atoms with Crippen molar-refractivity contribution < 1.29 is 9.53 Å². The van der Waals surface area contributed by atoms with Gasteiger partial charge in [-0.3, -0.25) is 4.79 Å². The lowest BCUT2D eigenvalue weighted by Gasteiger charge is -1.91. The molecule has 1 fully saturated rings. The Bertz CT molecular complexity index is 126. The molecule has 0 saturated heterocycles. The first kappa shape index (κ1) is 12.6. The van der Waals surface area contributed by atoms with Gasteiger partial charge < -0.3 is 4.74 Å². The van der Waals surface area contributed by atoms with Crippen molar-refractivity contribution in [1.29, 1.82) is 0 Å². The molecule has 1 rings (SSSR count). The molecule has 0 aromatic carbocycles. The van der Waals surface area contributed by atoms with Crippen LogP contribution >= 0.6 is 0 Å². The van der Waals surface area contributed by atoms with Gasteiger partial charge in [0.05, 0.1) is 6.61 Å². The SMILES string of the molecule is CC1CCCC1.COCCC(C)=O. The van der Waals surface area contributed by atoms with Gasteiger partial charge in [0.25, 0.3) is 0 Å². The highest BCUT2D eigenvalue weighted by Crippen LogP contribution is 2.22. The van der Waals surface area contributed by atoms with Crippen LogP contribution in [0.25, 0.3) is 0 Å². The molecule has 0 N–H and O–H groups in total. The molecule has 0 aromatic heterocycles. The second kappa shape index (κ2) is 8.24. The highest BCUT2D eigenvalue weighted by Gasteiger charge is 2.07. The Morgan fingerprint density at radius 2 is 1.92 bits per heavy atom. The molecule has 13 heavy (non-hydrogen) atoms. The molecule has 1 aliphatic carbocycles. The van der Waals surface area contributed by atoms with Gasteiger partial charge >= 0.3 is 0 Å². The highest BCUT2D eigenvalue weighted by molar-refractivity contribution is 5.75. The number of Topliss-reactive ketones (excluding diaryl/α,β-unsaturated/α-hetero) is 1. The van der Waals surface area contributed by atoms with Gasteiger partial charge in [-0.15, -0.1) is 0 Å². The summed E-state index contributed by atoms with van der Waals surface area (Å²) < 4.78 is 4.63. The summed E-state index contributed by atoms with van der Waals surface area (Å²) in [7, 11) is 1.59. The summed E-state index contributed by atoms with van der Waals surface area (Å²) in [5, 5.41) is 0. The Labute approximate surface area is 81.7 Å². The third-order valence-electron chi connectivity index (χ3n) is 2.30. The third kappa shape index (κ3) is 9.54. The average Bonchev–Trinajstić information content (AvgIpc) is 2.53. The molecule has 2 heteroatoms. The number of carbonyl (C=O) groups excluding carboxylic acids is 1. The minimum absolute atomic E-state index is 0.182. The summed E-state index contributed by atoms with van der Waals surface area (Å²) in [6, 6.07) is 0. The lowest BCUT2D eigenvalue weighted by atomic mass is 10.2. The van der Waals surface area contributed by atoms with Gasteiger partial charge in [0, 0.05) is 13.5 Å². The van der Waals surface area contributed by atoms with Gasteiger partial charge in [0.1, 0.15) is 5.78 Å². The standard InChI is InChI=1S/C6H12.C5H10O2/c1-6-4-2-3-5-6;1-5(6)3-4-7-2/h6H,2-5H2,1H3;3-4H2,1-2H3. The van der Waals surface area contributed by atoms with Crippen molar-refractivity contribution >= 4 is 5.78 Å². The van der Waals surface area contributed by atoms with E-state index in [0.29, 0.717) is 13.0 Å². The quantitative estimate of drug-likeness (QED) is 0.677. The summed E-state index contributed by atoms with van der Waals surface area (Å²) in [4.78, 5) is 10.1. The Kier molecular flexibility index (Phi) is 8.00. The third-order valence-corrected chi connectivity index (χ3v) is 2.30. The second-order valence-corrected chi connectivity index (χ2v) is 3.83. The van der Waals surface area contributed by atoms with E-state index < -0.39 is 0 Å². The van der Waals surface area contributed by atoms with Crippen LogP contribution in [-0.2, 0) is 9.53 Å². The van der Waals surface area contributed by atoms with Gasteiger partial charge in [0.15, 0.2) is 0 Å². The van der Waals surface area contributed by atoms with Crippen LogP contribution in [0.15, 0.2) is 0 Å². The number of hydrogen-bond donors (Lipinski definition) is 0. The van der Waals surface area contributed by atoms with Crippen molar-refractivity contribution in [2.24, 2.45) is 5.92 Å². The van der Waals surface area contributed by atoms with Gasteiger partial charge in [0.2, 0.25) is 0 Å². The van der Waals surface area contributed by atoms with Crippen LogP contribution in [0.5, 0.6) is 0 Å². The van der Waals surface area contributed by atoms with E-state index in [1.54, 1.807) is 14.0 Å². The highest BCUT2D eigenvalue weighted by atomic mass is 16.5. The van der Waals surface area contributed by atoms with Crippen LogP contribution in [-0.4, -0.2) is 19.5 Å². The summed E-state index contributed by atoms with van der Waals surface area (Å²) in [5.41, 5.74) is 0. The predicted molar refractivity (Wildman–Crippen MR) is 54.8 cm³/mol. The normalized spacial score (nSPS) is 16.5. The van der Waals surface area contributed by atoms with Crippen molar-refractivity contribution in [3.63, 3.8) is 0 Å². The topological polar surface area (TPSA) is 26.3 Å². The number of rotatable bonds is 3. The molecule has 0 atom stereocenters. The van der Waals surface area contributed by atoms with Crippen LogP contribution in [0.3, 0.4) is 0 Å². The molecule has 0 unspecified atom stereocenters. The first-order valence-corrected chi connectivity index (χ1v) is 5.15. The van der Waals surface area contributed by atoms with Gasteiger partial charge in [-0.05, 0) is 12.8 Å². The smallest absolute Gasteiger partial charge is 0.132 e. The van der Waals surface area contributed by atoms with Crippen LogP contribution < -0.4 is 0 Å². The molecule has 0 aromatic rings. The summed E-state index contributed by atoms with van der Waals surface area (Å²) >= 11 is 0. The van der Waals surface area contributed by atoms with Crippen LogP contribution in [0.2, 0.25) is 0 Å². The molecule has 1 saturated carbocycles. The first-order chi connectivity index (χ1) is 6.16. The minimum atomic E-state index is 0.182. The molecule has 1 aliphatic rings. The van der Waals surface area contributed by atoms with E-state index in [9.17, 15) is 4.79 Å². The molecule has 0 aliphatic heterocycles. The van der Waals surface area contributed by atoms with Gasteiger partial charge in [-0.2, -0.15) is 0 Å². The monoisotopic (exact) mass is 186 g/mol. The number of ether oxygens (including phenoxy) is 1. The summed E-state index contributed by atoms with van der Waals surface area (Å²) in [6.45, 7) is 4.45. The lowest BCUT2D eigenvalue weighted by molar-refractivity contribution is -0.117. The predicted octanol–water partition coefficient (Wildman–Crippen LogP) is 2.81. The zero-order valence-electron chi connectivity index (χ0n) is 9.14. The van der Waals surface area contributed by atoms with E-state index in [0.717, 1.165) is 5.92 Å². The fourth-order valence-electron chi connectivity index (χ4n) is 1.38. The molecule has 0 bridgehead atoms. The molecule has 2 nitrogen and oxygen atoms in total. The Morgan fingerprint density at radius 1 is 1.38 bits per heavy atom. The van der Waals surface area contributed by atoms with E-state index in [-0.39, 0.29) is 5.78 Å². The first-order valence-electron chi connectivity index (χ1n) is 5.15. The zero-order valence-corrected chi connectivity index (χ0v) is 9.14. The fourth-order valence-corrected chi connectivity index (χ4v) is 1.38. The van der Waals surface area contributed by atoms with E-state index in [2.05, 4.69) is 11.7 Å². The van der Waals surface area contributed by atoms with Crippen molar-refractivity contribution in [2.45, 2.75) is 46.0 Å². The Morgan fingerprint density at radius 3 is 2.08 bits per heavy atom. The van der Waals surface area contributed by atoms with Crippen molar-refractivity contribution in [3.05, 3.63) is 0 Å². The molecule has 0 amide bonds. The maximum atomic E-state index is 10.1. The van der Waals surface area contributed by atoms with Gasteiger partial charge in [-0.25, -0.2) is 0 Å². The largest absolute Gasteiger partial charge is 0.384 e. The van der Waals surface area contributed by atoms with Crippen LogP contribution in [0.4, 0.5) is 0 Å². The molecular weight excluding hydrogens is 164 g/mol. The second-order valence-electron chi connectivity index (χ2n) is 3.83. The number of carbonyl (C=O) groups is 1. The van der Waals surface area contributed by atoms with E-state index in [1.807, 2.05) is 0 Å². The van der Waals surface area contributed by atoms with Crippen LogP contribution in [0.1, 0.15) is 46.0 Å². The van der Waals surface area contributed by atoms with Crippen molar-refractivity contribution in [2.75, 3.05) is 13.7 Å². The summed E-state index contributed by atoms with van der Waals surface area (Å²) in [6.07, 6.45) is 6.48. The Balaban J connectivity index is 0.000000223. The summed E-state index contributed by atoms with van der Waals surface area (Å²) in [5.74, 6) is 1.23. The minimum Gasteiger partial charge on any atom is -0.384 e. The number of ketones is 1. The van der Waals surface area contributed by atoms with Crippen molar-refractivity contribution in [1.82, 2.24) is 0 Å². The lowest BCUT2D eigenvalue weighted by Crippen LogP contribution is -1.95. The average molecular weight is 186 g/mol. The van der Waals surface area contributed by atoms with E-state index >= 15 is 0 Å². The molecule has 0 radical (unpaired) electrons. The maximum absolute atomic E-state index is 10.1. The molecular formula is C11H22O2. The Hall–Kier alpha value is -0.370. The van der Waals surface area contributed by atoms with Crippen molar-refractivity contribution in [3.8, 4) is 0 Å². The van der Waals surface area contributed by atoms with E-state index in [1.165, 1.54) is 25.7 Å². The fraction of sp³-hybridized carbons (Fsp3) is 0.909. The number of hydrogen-bond acceptors (Lipinski definition) is 2. The van der Waals surface area contributed by atoms with E-state index in [4.69, 9.17) is 0 Å². The molecule has 0 spiro atoms. The molecule has 78 valence electrons. The zero-order chi connectivity index (χ0) is 10.1. The number of methoxy groups -OCH3 is 1. The van der Waals surface area contributed by atoms with Gasteiger partial charge in [-0.1, -0.05) is 32.6 Å². The molecule has 0 heterocycles. The van der Waals surface area contributed by atoms with Crippen LogP contribution in [0, 0.1) is 5.92 Å².